The van der Waals surface area contributed by atoms with E-state index in [0.29, 0.717) is 13.0 Å². The molecule has 4 nitrogen and oxygen atoms in total. The van der Waals surface area contributed by atoms with Gasteiger partial charge in [-0.15, -0.1) is 0 Å². The van der Waals surface area contributed by atoms with Crippen molar-refractivity contribution < 1.29 is 18.8 Å². The quantitative estimate of drug-likeness (QED) is 0.113. The lowest BCUT2D eigenvalue weighted by Gasteiger charge is -2.30. The Labute approximate surface area is 220 Å². The smallest absolute Gasteiger partial charge is 0.305 e. The molecule has 4 heteroatoms. The molecule has 0 bridgehead atoms. The fourth-order valence-corrected chi connectivity index (χ4v) is 4.60. The van der Waals surface area contributed by atoms with E-state index >= 15 is 0 Å². The Bertz CT molecular complexity index is 849. The Balaban J connectivity index is 1.62. The summed E-state index contributed by atoms with van der Waals surface area (Å²) in [6, 6.07) is 18.9. The van der Waals surface area contributed by atoms with E-state index in [0.717, 1.165) is 42.6 Å². The molecule has 0 saturated carbocycles. The van der Waals surface area contributed by atoms with Gasteiger partial charge in [0.05, 0.1) is 20.6 Å². The van der Waals surface area contributed by atoms with Crippen LogP contribution in [0, 0.1) is 0 Å². The summed E-state index contributed by atoms with van der Waals surface area (Å²) in [7, 11) is 4.49. The SMILES string of the molecule is CCCCCCCCCc1ccccc1OC(C)COC(=O)CCCC[N+](C)(C)Cc1ccccc1. The van der Waals surface area contributed by atoms with Crippen LogP contribution in [-0.4, -0.2) is 43.8 Å². The number of unbranched alkanes of at least 4 members (excludes halogenated alkanes) is 7. The van der Waals surface area contributed by atoms with Gasteiger partial charge in [-0.05, 0) is 44.2 Å². The number of carbonyl (C=O) groups excluding carboxylic acids is 1. The molecule has 0 amide bonds. The van der Waals surface area contributed by atoms with Gasteiger partial charge in [-0.3, -0.25) is 4.79 Å². The van der Waals surface area contributed by atoms with Crippen LogP contribution in [0.4, 0.5) is 0 Å². The first-order valence-electron chi connectivity index (χ1n) is 14.2. The molecule has 0 saturated heterocycles. The van der Waals surface area contributed by atoms with E-state index < -0.39 is 0 Å². The molecule has 0 aliphatic carbocycles. The molecule has 200 valence electrons. The molecular weight excluding hydrogens is 446 g/mol. The highest BCUT2D eigenvalue weighted by Gasteiger charge is 2.16. The van der Waals surface area contributed by atoms with Crippen LogP contribution in [0.2, 0.25) is 0 Å². The van der Waals surface area contributed by atoms with Gasteiger partial charge in [0.2, 0.25) is 0 Å². The summed E-state index contributed by atoms with van der Waals surface area (Å²) in [5, 5.41) is 0. The number of aryl methyl sites for hydroxylation is 1. The van der Waals surface area contributed by atoms with Crippen LogP contribution >= 0.6 is 0 Å². The molecule has 0 N–H and O–H groups in total. The van der Waals surface area contributed by atoms with E-state index in [1.165, 1.54) is 56.1 Å². The molecule has 0 heterocycles. The van der Waals surface area contributed by atoms with Gasteiger partial charge < -0.3 is 14.0 Å². The minimum atomic E-state index is -0.161. The maximum Gasteiger partial charge on any atom is 0.305 e. The van der Waals surface area contributed by atoms with Crippen molar-refractivity contribution in [3.63, 3.8) is 0 Å². The second-order valence-electron chi connectivity index (χ2n) is 10.9. The number of esters is 1. The molecule has 0 fully saturated rings. The van der Waals surface area contributed by atoms with Gasteiger partial charge in [0.1, 0.15) is 25.0 Å². The highest BCUT2D eigenvalue weighted by Crippen LogP contribution is 2.22. The van der Waals surface area contributed by atoms with Gasteiger partial charge in [0.15, 0.2) is 0 Å². The first-order chi connectivity index (χ1) is 17.4. The zero-order chi connectivity index (χ0) is 26.1. The minimum absolute atomic E-state index is 0.129. The Morgan fingerprint density at radius 2 is 1.50 bits per heavy atom. The van der Waals surface area contributed by atoms with E-state index in [2.05, 4.69) is 63.5 Å². The Morgan fingerprint density at radius 3 is 2.25 bits per heavy atom. The monoisotopic (exact) mass is 496 g/mol. The van der Waals surface area contributed by atoms with Crippen LogP contribution in [-0.2, 0) is 22.5 Å². The van der Waals surface area contributed by atoms with Crippen molar-refractivity contribution in [2.75, 3.05) is 27.2 Å². The highest BCUT2D eigenvalue weighted by molar-refractivity contribution is 5.69. The number of benzene rings is 2. The second-order valence-corrected chi connectivity index (χ2v) is 10.9. The van der Waals surface area contributed by atoms with E-state index in [4.69, 9.17) is 9.47 Å². The van der Waals surface area contributed by atoms with Crippen molar-refractivity contribution in [3.05, 3.63) is 65.7 Å². The summed E-state index contributed by atoms with van der Waals surface area (Å²) in [5.41, 5.74) is 2.60. The number of nitrogens with zero attached hydrogens (tertiary/aromatic N) is 1. The summed E-state index contributed by atoms with van der Waals surface area (Å²) in [6.45, 7) is 6.56. The normalized spacial score (nSPS) is 12.3. The number of rotatable bonds is 19. The second kappa shape index (κ2) is 17.2. The van der Waals surface area contributed by atoms with E-state index in [1.807, 2.05) is 19.1 Å². The number of hydrogen-bond donors (Lipinski definition) is 0. The van der Waals surface area contributed by atoms with Crippen molar-refractivity contribution in [3.8, 4) is 5.75 Å². The number of ether oxygens (including phenoxy) is 2. The van der Waals surface area contributed by atoms with E-state index in [9.17, 15) is 4.79 Å². The minimum Gasteiger partial charge on any atom is -0.487 e. The summed E-state index contributed by atoms with van der Waals surface area (Å²) in [5.74, 6) is 0.792. The number of carbonyl (C=O) groups is 1. The van der Waals surface area contributed by atoms with Gasteiger partial charge in [-0.1, -0.05) is 94.0 Å². The molecule has 0 aromatic heterocycles. The highest BCUT2D eigenvalue weighted by atomic mass is 16.6. The number of quaternary nitrogens is 1. The van der Waals surface area contributed by atoms with Gasteiger partial charge >= 0.3 is 5.97 Å². The predicted molar refractivity (Wildman–Crippen MR) is 150 cm³/mol. The predicted octanol–water partition coefficient (Wildman–Crippen LogP) is 7.74. The van der Waals surface area contributed by atoms with E-state index in [1.54, 1.807) is 0 Å². The van der Waals surface area contributed by atoms with E-state index in [-0.39, 0.29) is 12.1 Å². The summed E-state index contributed by atoms with van der Waals surface area (Å²) in [4.78, 5) is 12.3. The molecular formula is C32H50NO3+. The third-order valence-corrected chi connectivity index (χ3v) is 6.68. The first-order valence-corrected chi connectivity index (χ1v) is 14.2. The van der Waals surface area contributed by atoms with Crippen LogP contribution in [0.1, 0.15) is 89.2 Å². The third-order valence-electron chi connectivity index (χ3n) is 6.68. The standard InChI is InChI=1S/C32H50NO3/c1-5-6-7-8-9-10-14-21-30-22-15-16-23-31(30)36-28(2)27-35-32(34)24-17-18-25-33(3,4)26-29-19-12-11-13-20-29/h11-13,15-16,19-20,22-23,28H,5-10,14,17-18,21,24-27H2,1-4H3/q+1. The summed E-state index contributed by atoms with van der Waals surface area (Å²) in [6.07, 6.45) is 12.3. The molecule has 0 aliphatic rings. The lowest BCUT2D eigenvalue weighted by molar-refractivity contribution is -0.903. The van der Waals surface area contributed by atoms with Crippen molar-refractivity contribution in [2.45, 2.75) is 97.1 Å². The van der Waals surface area contributed by atoms with Crippen LogP contribution < -0.4 is 4.74 Å². The molecule has 1 unspecified atom stereocenters. The molecule has 2 aromatic carbocycles. The molecule has 2 aromatic rings. The van der Waals surface area contributed by atoms with Crippen molar-refractivity contribution in [1.29, 1.82) is 0 Å². The third kappa shape index (κ3) is 13.1. The topological polar surface area (TPSA) is 35.5 Å². The zero-order valence-electron chi connectivity index (χ0n) is 23.3. The number of para-hydroxylation sites is 1. The first kappa shape index (κ1) is 29.9. The van der Waals surface area contributed by atoms with Gasteiger partial charge in [-0.2, -0.15) is 0 Å². The van der Waals surface area contributed by atoms with Gasteiger partial charge in [0, 0.05) is 12.0 Å². The van der Waals surface area contributed by atoms with Gasteiger partial charge in [-0.25, -0.2) is 0 Å². The molecule has 2 rings (SSSR count). The van der Waals surface area contributed by atoms with Crippen LogP contribution in [0.25, 0.3) is 0 Å². The number of hydrogen-bond acceptors (Lipinski definition) is 3. The summed E-state index contributed by atoms with van der Waals surface area (Å²) < 4.78 is 12.6. The molecule has 0 radical (unpaired) electrons. The maximum atomic E-state index is 12.3. The van der Waals surface area contributed by atoms with Crippen LogP contribution in [0.5, 0.6) is 5.75 Å². The fraction of sp³-hybridized carbons (Fsp3) is 0.594. The fourth-order valence-electron chi connectivity index (χ4n) is 4.60. The van der Waals surface area contributed by atoms with Crippen molar-refractivity contribution in [2.24, 2.45) is 0 Å². The van der Waals surface area contributed by atoms with Crippen molar-refractivity contribution >= 4 is 5.97 Å². The maximum absolute atomic E-state index is 12.3. The Morgan fingerprint density at radius 1 is 0.833 bits per heavy atom. The average molecular weight is 497 g/mol. The van der Waals surface area contributed by atoms with Crippen molar-refractivity contribution in [1.82, 2.24) is 0 Å². The van der Waals surface area contributed by atoms with Gasteiger partial charge in [0.25, 0.3) is 0 Å². The largest absolute Gasteiger partial charge is 0.487 e. The van der Waals surface area contributed by atoms with Crippen LogP contribution in [0.15, 0.2) is 54.6 Å². The molecule has 0 spiro atoms. The Hall–Kier alpha value is -2.33. The zero-order valence-corrected chi connectivity index (χ0v) is 23.3. The average Bonchev–Trinajstić information content (AvgIpc) is 2.86. The molecule has 0 aliphatic heterocycles. The lowest BCUT2D eigenvalue weighted by atomic mass is 10.0. The molecule has 1 atom stereocenters. The summed E-state index contributed by atoms with van der Waals surface area (Å²) >= 11 is 0. The Kier molecular flexibility index (Phi) is 14.3. The lowest BCUT2D eigenvalue weighted by Crippen LogP contribution is -2.39. The molecule has 36 heavy (non-hydrogen) atoms. The van der Waals surface area contributed by atoms with Crippen LogP contribution in [0.3, 0.4) is 0 Å².